The van der Waals surface area contributed by atoms with Gasteiger partial charge in [0.2, 0.25) is 0 Å². The fourth-order valence-corrected chi connectivity index (χ4v) is 2.03. The molecule has 0 heterocycles. The van der Waals surface area contributed by atoms with Gasteiger partial charge in [0.15, 0.2) is 6.29 Å². The first-order valence-electron chi connectivity index (χ1n) is 4.71. The summed E-state index contributed by atoms with van der Waals surface area (Å²) in [5.74, 6) is 0. The average molecular weight is 296 g/mol. The van der Waals surface area contributed by atoms with Gasteiger partial charge in [0, 0.05) is 15.1 Å². The third kappa shape index (κ3) is 2.34. The van der Waals surface area contributed by atoms with E-state index in [1.807, 2.05) is 36.4 Å². The van der Waals surface area contributed by atoms with E-state index in [0.29, 0.717) is 10.6 Å². The van der Waals surface area contributed by atoms with Crippen molar-refractivity contribution >= 4 is 33.8 Å². The summed E-state index contributed by atoms with van der Waals surface area (Å²) in [5, 5.41) is 0.688. The van der Waals surface area contributed by atoms with Crippen LogP contribution in [-0.2, 0) is 0 Å². The number of carbonyl (C=O) groups is 1. The highest BCUT2D eigenvalue weighted by Gasteiger charge is 2.04. The Morgan fingerprint density at radius 3 is 2.38 bits per heavy atom. The van der Waals surface area contributed by atoms with E-state index in [0.717, 1.165) is 21.9 Å². The van der Waals surface area contributed by atoms with Crippen molar-refractivity contribution in [2.45, 2.75) is 0 Å². The zero-order valence-corrected chi connectivity index (χ0v) is 10.6. The van der Waals surface area contributed by atoms with Crippen molar-refractivity contribution in [3.8, 4) is 11.1 Å². The quantitative estimate of drug-likeness (QED) is 0.741. The normalized spacial score (nSPS) is 10.1. The maximum absolute atomic E-state index is 11.0. The summed E-state index contributed by atoms with van der Waals surface area (Å²) in [6.45, 7) is 0. The molecule has 0 aliphatic heterocycles. The van der Waals surface area contributed by atoms with Crippen molar-refractivity contribution < 1.29 is 4.79 Å². The molecule has 0 N–H and O–H groups in total. The van der Waals surface area contributed by atoms with Crippen molar-refractivity contribution in [1.29, 1.82) is 0 Å². The SMILES string of the molecule is O=Cc1cc(Br)ccc1-c1ccc(Cl)cc1. The number of hydrogen-bond acceptors (Lipinski definition) is 1. The second kappa shape index (κ2) is 4.81. The molecule has 0 aliphatic rings. The molecule has 2 aromatic rings. The van der Waals surface area contributed by atoms with Crippen molar-refractivity contribution in [2.24, 2.45) is 0 Å². The summed E-state index contributed by atoms with van der Waals surface area (Å²) < 4.78 is 0.896. The van der Waals surface area contributed by atoms with E-state index in [2.05, 4.69) is 15.9 Å². The van der Waals surface area contributed by atoms with Gasteiger partial charge in [0.1, 0.15) is 0 Å². The molecule has 0 fully saturated rings. The molecular weight excluding hydrogens is 287 g/mol. The van der Waals surface area contributed by atoms with Crippen LogP contribution in [0.3, 0.4) is 0 Å². The molecule has 0 radical (unpaired) electrons. The molecule has 0 aliphatic carbocycles. The summed E-state index contributed by atoms with van der Waals surface area (Å²) in [7, 11) is 0. The van der Waals surface area contributed by atoms with Gasteiger partial charge in [-0.1, -0.05) is 45.7 Å². The van der Waals surface area contributed by atoms with Gasteiger partial charge in [-0.2, -0.15) is 0 Å². The van der Waals surface area contributed by atoms with Crippen LogP contribution in [0, 0.1) is 0 Å². The Labute approximate surface area is 107 Å². The molecule has 3 heteroatoms. The lowest BCUT2D eigenvalue weighted by atomic mass is 10.0. The number of hydrogen-bond donors (Lipinski definition) is 0. The average Bonchev–Trinajstić information content (AvgIpc) is 2.30. The summed E-state index contributed by atoms with van der Waals surface area (Å²) >= 11 is 9.16. The number of rotatable bonds is 2. The highest BCUT2D eigenvalue weighted by Crippen LogP contribution is 2.26. The van der Waals surface area contributed by atoms with E-state index in [4.69, 9.17) is 11.6 Å². The lowest BCUT2D eigenvalue weighted by Crippen LogP contribution is -1.87. The summed E-state index contributed by atoms with van der Waals surface area (Å²) in [5.41, 5.74) is 2.56. The molecule has 16 heavy (non-hydrogen) atoms. The number of carbonyl (C=O) groups excluding carboxylic acids is 1. The number of aldehydes is 1. The van der Waals surface area contributed by atoms with Gasteiger partial charge < -0.3 is 0 Å². The highest BCUT2D eigenvalue weighted by molar-refractivity contribution is 9.10. The third-order valence-corrected chi connectivity index (χ3v) is 3.04. The Morgan fingerprint density at radius 2 is 1.75 bits per heavy atom. The Balaban J connectivity index is 2.55. The molecular formula is C13H8BrClO. The van der Waals surface area contributed by atoms with Gasteiger partial charge in [-0.15, -0.1) is 0 Å². The molecule has 80 valence electrons. The summed E-state index contributed by atoms with van der Waals surface area (Å²) in [6, 6.07) is 13.1. The van der Waals surface area contributed by atoms with Gasteiger partial charge >= 0.3 is 0 Å². The van der Waals surface area contributed by atoms with Gasteiger partial charge in [-0.3, -0.25) is 4.79 Å². The molecule has 0 amide bonds. The summed E-state index contributed by atoms with van der Waals surface area (Å²) in [6.07, 6.45) is 0.856. The van der Waals surface area contributed by atoms with Crippen LogP contribution in [-0.4, -0.2) is 6.29 Å². The van der Waals surface area contributed by atoms with Crippen LogP contribution in [0.5, 0.6) is 0 Å². The molecule has 2 rings (SSSR count). The molecule has 2 aromatic carbocycles. The monoisotopic (exact) mass is 294 g/mol. The molecule has 0 saturated heterocycles. The standard InChI is InChI=1S/C13H8BrClO/c14-11-3-6-13(10(7-11)8-16)9-1-4-12(15)5-2-9/h1-8H. The second-order valence-electron chi connectivity index (χ2n) is 3.36. The van der Waals surface area contributed by atoms with Crippen LogP contribution in [0.4, 0.5) is 0 Å². The van der Waals surface area contributed by atoms with E-state index in [1.165, 1.54) is 0 Å². The minimum Gasteiger partial charge on any atom is -0.298 e. The minimum absolute atomic E-state index is 0.664. The molecule has 0 spiro atoms. The van der Waals surface area contributed by atoms with Gasteiger partial charge in [-0.05, 0) is 35.4 Å². The maximum Gasteiger partial charge on any atom is 0.150 e. The molecule has 0 unspecified atom stereocenters. The molecule has 0 bridgehead atoms. The Kier molecular flexibility index (Phi) is 3.42. The Bertz CT molecular complexity index is 520. The highest BCUT2D eigenvalue weighted by atomic mass is 79.9. The molecule has 0 atom stereocenters. The van der Waals surface area contributed by atoms with Crippen LogP contribution in [0.25, 0.3) is 11.1 Å². The van der Waals surface area contributed by atoms with Crippen molar-refractivity contribution in [2.75, 3.05) is 0 Å². The van der Waals surface area contributed by atoms with E-state index < -0.39 is 0 Å². The molecule has 0 aromatic heterocycles. The zero-order valence-electron chi connectivity index (χ0n) is 8.28. The topological polar surface area (TPSA) is 17.1 Å². The smallest absolute Gasteiger partial charge is 0.150 e. The van der Waals surface area contributed by atoms with Crippen LogP contribution in [0.2, 0.25) is 5.02 Å². The molecule has 0 saturated carbocycles. The van der Waals surface area contributed by atoms with E-state index in [1.54, 1.807) is 6.07 Å². The summed E-state index contributed by atoms with van der Waals surface area (Å²) in [4.78, 5) is 11.0. The fraction of sp³-hybridized carbons (Fsp3) is 0. The van der Waals surface area contributed by atoms with Crippen LogP contribution in [0.15, 0.2) is 46.9 Å². The van der Waals surface area contributed by atoms with Crippen LogP contribution in [0.1, 0.15) is 10.4 Å². The number of benzene rings is 2. The van der Waals surface area contributed by atoms with Crippen molar-refractivity contribution in [1.82, 2.24) is 0 Å². The van der Waals surface area contributed by atoms with E-state index >= 15 is 0 Å². The Hall–Kier alpha value is -1.12. The predicted octanol–water partition coefficient (Wildman–Crippen LogP) is 4.58. The van der Waals surface area contributed by atoms with E-state index in [-0.39, 0.29) is 0 Å². The third-order valence-electron chi connectivity index (χ3n) is 2.30. The van der Waals surface area contributed by atoms with Crippen molar-refractivity contribution in [3.63, 3.8) is 0 Å². The lowest BCUT2D eigenvalue weighted by molar-refractivity contribution is 0.112. The van der Waals surface area contributed by atoms with Gasteiger partial charge in [0.25, 0.3) is 0 Å². The first-order valence-corrected chi connectivity index (χ1v) is 5.88. The predicted molar refractivity (Wildman–Crippen MR) is 70.0 cm³/mol. The van der Waals surface area contributed by atoms with Gasteiger partial charge in [0.05, 0.1) is 0 Å². The first-order chi connectivity index (χ1) is 7.70. The van der Waals surface area contributed by atoms with Gasteiger partial charge in [-0.25, -0.2) is 0 Å². The first kappa shape index (κ1) is 11.4. The fourth-order valence-electron chi connectivity index (χ4n) is 1.52. The van der Waals surface area contributed by atoms with Crippen LogP contribution < -0.4 is 0 Å². The molecule has 1 nitrogen and oxygen atoms in total. The largest absolute Gasteiger partial charge is 0.298 e. The maximum atomic E-state index is 11.0. The lowest BCUT2D eigenvalue weighted by Gasteiger charge is -2.05. The van der Waals surface area contributed by atoms with Crippen molar-refractivity contribution in [3.05, 3.63) is 57.5 Å². The zero-order chi connectivity index (χ0) is 11.5. The van der Waals surface area contributed by atoms with Crippen LogP contribution >= 0.6 is 27.5 Å². The second-order valence-corrected chi connectivity index (χ2v) is 4.71. The van der Waals surface area contributed by atoms with E-state index in [9.17, 15) is 4.79 Å². The minimum atomic E-state index is 0.664. The number of halogens is 2. The Morgan fingerprint density at radius 1 is 1.06 bits per heavy atom.